The van der Waals surface area contributed by atoms with E-state index in [-0.39, 0.29) is 16.9 Å². The van der Waals surface area contributed by atoms with Crippen LogP contribution < -0.4 is 20.7 Å². The van der Waals surface area contributed by atoms with Gasteiger partial charge in [0.05, 0.1) is 18.0 Å². The number of nitrogens with one attached hydrogen (secondary N) is 3. The lowest BCUT2D eigenvalue weighted by Gasteiger charge is -2.16. The highest BCUT2D eigenvalue weighted by Crippen LogP contribution is 2.30. The molecule has 0 saturated carbocycles. The van der Waals surface area contributed by atoms with Crippen molar-refractivity contribution >= 4 is 62.9 Å². The molecule has 0 aliphatic heterocycles. The van der Waals surface area contributed by atoms with E-state index in [4.69, 9.17) is 4.74 Å². The van der Waals surface area contributed by atoms with Crippen LogP contribution in [0.25, 0.3) is 6.08 Å². The van der Waals surface area contributed by atoms with Crippen LogP contribution in [0.5, 0.6) is 5.75 Å². The first-order valence-electron chi connectivity index (χ1n) is 13.2. The Morgan fingerprint density at radius 1 is 0.881 bits per heavy atom. The lowest BCUT2D eigenvalue weighted by molar-refractivity contribution is -0.116. The molecule has 7 nitrogen and oxygen atoms in total. The molecule has 42 heavy (non-hydrogen) atoms. The van der Waals surface area contributed by atoms with Gasteiger partial charge in [-0.25, -0.2) is 0 Å². The predicted molar refractivity (Wildman–Crippen MR) is 173 cm³/mol. The second-order valence-electron chi connectivity index (χ2n) is 9.09. The number of carbonyl (C=O) groups excluding carboxylic acids is 3. The zero-order chi connectivity index (χ0) is 29.9. The molecule has 0 spiro atoms. The number of amides is 3. The molecule has 0 saturated heterocycles. The minimum absolute atomic E-state index is 0.0469. The van der Waals surface area contributed by atoms with Crippen LogP contribution in [-0.2, 0) is 9.59 Å². The van der Waals surface area contributed by atoms with Crippen LogP contribution in [0.15, 0.2) is 118 Å². The van der Waals surface area contributed by atoms with Gasteiger partial charge >= 0.3 is 0 Å². The number of halogens is 1. The molecule has 0 heterocycles. The van der Waals surface area contributed by atoms with Gasteiger partial charge in [0, 0.05) is 26.2 Å². The van der Waals surface area contributed by atoms with Crippen molar-refractivity contribution in [3.8, 4) is 5.75 Å². The van der Waals surface area contributed by atoms with E-state index in [1.807, 2.05) is 61.5 Å². The number of benzene rings is 4. The molecule has 4 aromatic carbocycles. The van der Waals surface area contributed by atoms with Crippen molar-refractivity contribution < 1.29 is 19.1 Å². The molecule has 3 N–H and O–H groups in total. The Morgan fingerprint density at radius 3 is 2.33 bits per heavy atom. The number of ether oxygens (including phenoxy) is 1. The topological polar surface area (TPSA) is 96.5 Å². The molecule has 0 aliphatic rings. The van der Waals surface area contributed by atoms with Crippen molar-refractivity contribution in [2.24, 2.45) is 0 Å². The van der Waals surface area contributed by atoms with Gasteiger partial charge in [0.2, 0.25) is 5.91 Å². The molecule has 1 atom stereocenters. The number of hydrogen-bond acceptors (Lipinski definition) is 5. The van der Waals surface area contributed by atoms with Crippen LogP contribution in [0.4, 0.5) is 11.4 Å². The SMILES string of the molecule is CCC(Sc1cccc(NC(=O)/C(=C\c2ccccc2OC)NC(=O)c2ccccc2)c1)C(=O)Nc1ccccc1Br. The largest absolute Gasteiger partial charge is 0.496 e. The first-order valence-corrected chi connectivity index (χ1v) is 14.9. The summed E-state index contributed by atoms with van der Waals surface area (Å²) >= 11 is 4.87. The van der Waals surface area contributed by atoms with E-state index < -0.39 is 11.8 Å². The Balaban J connectivity index is 1.53. The third-order valence-corrected chi connectivity index (χ3v) is 8.18. The van der Waals surface area contributed by atoms with E-state index in [2.05, 4.69) is 31.9 Å². The van der Waals surface area contributed by atoms with Crippen molar-refractivity contribution in [3.05, 3.63) is 124 Å². The molecule has 4 aromatic rings. The molecule has 1 unspecified atom stereocenters. The van der Waals surface area contributed by atoms with Gasteiger partial charge in [0.15, 0.2) is 0 Å². The fraction of sp³-hybridized carbons (Fsp3) is 0.121. The van der Waals surface area contributed by atoms with E-state index in [9.17, 15) is 14.4 Å². The number of hydrogen-bond donors (Lipinski definition) is 3. The van der Waals surface area contributed by atoms with Crippen LogP contribution in [-0.4, -0.2) is 30.1 Å². The van der Waals surface area contributed by atoms with Gasteiger partial charge in [-0.2, -0.15) is 0 Å². The maximum Gasteiger partial charge on any atom is 0.272 e. The minimum Gasteiger partial charge on any atom is -0.496 e. The van der Waals surface area contributed by atoms with Crippen LogP contribution in [0.2, 0.25) is 0 Å². The van der Waals surface area contributed by atoms with Gasteiger partial charge in [0.1, 0.15) is 11.4 Å². The molecule has 0 radical (unpaired) electrons. The number of methoxy groups -OCH3 is 1. The van der Waals surface area contributed by atoms with E-state index in [1.165, 1.54) is 11.8 Å². The maximum absolute atomic E-state index is 13.5. The molecule has 3 amide bonds. The van der Waals surface area contributed by atoms with Crippen molar-refractivity contribution in [2.75, 3.05) is 17.7 Å². The van der Waals surface area contributed by atoms with Gasteiger partial charge in [-0.3, -0.25) is 14.4 Å². The van der Waals surface area contributed by atoms with Crippen molar-refractivity contribution in [1.82, 2.24) is 5.32 Å². The van der Waals surface area contributed by atoms with Gasteiger partial charge in [-0.05, 0) is 77.0 Å². The molecule has 0 bridgehead atoms. The van der Waals surface area contributed by atoms with E-state index in [0.717, 1.165) is 9.37 Å². The van der Waals surface area contributed by atoms with Crippen LogP contribution in [0, 0.1) is 0 Å². The van der Waals surface area contributed by atoms with E-state index >= 15 is 0 Å². The van der Waals surface area contributed by atoms with Crippen LogP contribution in [0.1, 0.15) is 29.3 Å². The van der Waals surface area contributed by atoms with E-state index in [0.29, 0.717) is 34.7 Å². The predicted octanol–water partition coefficient (Wildman–Crippen LogP) is 7.38. The smallest absolute Gasteiger partial charge is 0.272 e. The summed E-state index contributed by atoms with van der Waals surface area (Å²) in [7, 11) is 1.54. The van der Waals surface area contributed by atoms with Gasteiger partial charge < -0.3 is 20.7 Å². The van der Waals surface area contributed by atoms with Crippen molar-refractivity contribution in [1.29, 1.82) is 0 Å². The third-order valence-electron chi connectivity index (χ3n) is 6.13. The fourth-order valence-corrected chi connectivity index (χ4v) is 5.39. The molecule has 0 aliphatic carbocycles. The minimum atomic E-state index is -0.508. The average Bonchev–Trinajstić information content (AvgIpc) is 3.01. The first-order chi connectivity index (χ1) is 20.4. The lowest BCUT2D eigenvalue weighted by atomic mass is 10.1. The molecule has 0 fully saturated rings. The molecular weight excluding hydrogens is 614 g/mol. The Labute approximate surface area is 257 Å². The van der Waals surface area contributed by atoms with Crippen molar-refractivity contribution in [3.63, 3.8) is 0 Å². The summed E-state index contributed by atoms with van der Waals surface area (Å²) in [5, 5.41) is 8.25. The molecule has 9 heteroatoms. The van der Waals surface area contributed by atoms with Gasteiger partial charge in [0.25, 0.3) is 11.8 Å². The van der Waals surface area contributed by atoms with E-state index in [1.54, 1.807) is 61.7 Å². The molecule has 4 rings (SSSR count). The highest BCUT2D eigenvalue weighted by Gasteiger charge is 2.20. The summed E-state index contributed by atoms with van der Waals surface area (Å²) in [5.74, 6) is -0.486. The van der Waals surface area contributed by atoms with Crippen molar-refractivity contribution in [2.45, 2.75) is 23.5 Å². The van der Waals surface area contributed by atoms with Crippen LogP contribution >= 0.6 is 27.7 Å². The van der Waals surface area contributed by atoms with Gasteiger partial charge in [-0.15, -0.1) is 11.8 Å². The van der Waals surface area contributed by atoms with Gasteiger partial charge in [-0.1, -0.05) is 61.5 Å². The highest BCUT2D eigenvalue weighted by molar-refractivity contribution is 9.10. The third kappa shape index (κ3) is 8.34. The molecular formula is C33H30BrN3O4S. The summed E-state index contributed by atoms with van der Waals surface area (Å²) in [6, 6.07) is 30.6. The lowest BCUT2D eigenvalue weighted by Crippen LogP contribution is -2.30. The first kappa shape index (κ1) is 30.6. The average molecular weight is 645 g/mol. The number of rotatable bonds is 11. The summed E-state index contributed by atoms with van der Waals surface area (Å²) in [4.78, 5) is 40.3. The molecule has 0 aromatic heterocycles. The Morgan fingerprint density at radius 2 is 1.60 bits per heavy atom. The Bertz CT molecular complexity index is 1590. The zero-order valence-corrected chi connectivity index (χ0v) is 25.5. The quantitative estimate of drug-likeness (QED) is 0.117. The second kappa shape index (κ2) is 15.0. The summed E-state index contributed by atoms with van der Waals surface area (Å²) in [5.41, 5.74) is 2.32. The number of para-hydroxylation sites is 2. The standard InChI is InChI=1S/C33H30BrN3O4S/c1-3-30(33(40)36-27-18-9-8-17-26(27)34)42-25-16-11-15-24(21-25)35-32(39)28(20-23-14-7-10-19-29(23)41-2)37-31(38)22-12-5-4-6-13-22/h4-21,30H,3H2,1-2H3,(H,35,39)(H,36,40)(H,37,38)/b28-20+. The number of thioether (sulfide) groups is 1. The fourth-order valence-electron chi connectivity index (χ4n) is 3.99. The maximum atomic E-state index is 13.5. The number of anilines is 2. The Hall–Kier alpha value is -4.34. The Kier molecular flexibility index (Phi) is 11.0. The molecule has 214 valence electrons. The summed E-state index contributed by atoms with van der Waals surface area (Å²) in [6.45, 7) is 1.95. The normalized spacial score (nSPS) is 11.7. The summed E-state index contributed by atoms with van der Waals surface area (Å²) in [6.07, 6.45) is 2.18. The number of carbonyl (C=O) groups is 3. The zero-order valence-electron chi connectivity index (χ0n) is 23.1. The summed E-state index contributed by atoms with van der Waals surface area (Å²) < 4.78 is 6.24. The highest BCUT2D eigenvalue weighted by atomic mass is 79.9. The monoisotopic (exact) mass is 643 g/mol. The van der Waals surface area contributed by atoms with Crippen LogP contribution in [0.3, 0.4) is 0 Å². The second-order valence-corrected chi connectivity index (χ2v) is 11.2.